The van der Waals surface area contributed by atoms with E-state index in [1.165, 1.54) is 10.9 Å². The maximum absolute atomic E-state index is 12.9. The van der Waals surface area contributed by atoms with Gasteiger partial charge in [-0.1, -0.05) is 32.0 Å². The number of aromatic nitrogens is 3. The topological polar surface area (TPSA) is 43.1 Å². The zero-order chi connectivity index (χ0) is 19.7. The van der Waals surface area contributed by atoms with Crippen molar-refractivity contribution in [2.75, 3.05) is 13.1 Å². The van der Waals surface area contributed by atoms with Gasteiger partial charge >= 0.3 is 0 Å². The van der Waals surface area contributed by atoms with Gasteiger partial charge in [-0.2, -0.15) is 0 Å². The predicted octanol–water partition coefficient (Wildman–Crippen LogP) is 3.98. The number of hydrogen-bond donors (Lipinski definition) is 0. The number of likely N-dealkylation sites (tertiary alicyclic amines) is 1. The van der Waals surface area contributed by atoms with Gasteiger partial charge in [-0.05, 0) is 30.4 Å². The zero-order valence-corrected chi connectivity index (χ0v) is 17.1. The number of hydrogen-bond acceptors (Lipinski definition) is 2. The van der Waals surface area contributed by atoms with E-state index >= 15 is 0 Å². The number of imidazole rings is 1. The largest absolute Gasteiger partial charge is 0.350 e. The predicted molar refractivity (Wildman–Crippen MR) is 112 cm³/mol. The van der Waals surface area contributed by atoms with Crippen molar-refractivity contribution < 1.29 is 4.79 Å². The van der Waals surface area contributed by atoms with E-state index in [-0.39, 0.29) is 5.91 Å². The van der Waals surface area contributed by atoms with Crippen molar-refractivity contribution in [3.05, 3.63) is 54.2 Å². The van der Waals surface area contributed by atoms with E-state index in [9.17, 15) is 4.79 Å². The lowest BCUT2D eigenvalue weighted by Gasteiger charge is -2.32. The van der Waals surface area contributed by atoms with Crippen LogP contribution in [0, 0.1) is 5.92 Å². The Labute approximate surface area is 167 Å². The number of benzene rings is 1. The summed E-state index contributed by atoms with van der Waals surface area (Å²) < 4.78 is 4.41. The van der Waals surface area contributed by atoms with E-state index in [1.807, 2.05) is 25.4 Å². The highest BCUT2D eigenvalue weighted by Crippen LogP contribution is 2.24. The van der Waals surface area contributed by atoms with Crippen LogP contribution in [0.1, 0.15) is 44.0 Å². The second-order valence-electron chi connectivity index (χ2n) is 8.38. The number of nitrogens with zero attached hydrogens (tertiary/aromatic N) is 4. The van der Waals surface area contributed by atoms with Gasteiger partial charge in [0.25, 0.3) is 0 Å². The molecule has 5 heteroatoms. The number of aryl methyl sites for hydroxylation is 1. The summed E-state index contributed by atoms with van der Waals surface area (Å²) in [4.78, 5) is 19.4. The first-order chi connectivity index (χ1) is 13.5. The van der Waals surface area contributed by atoms with Crippen LogP contribution >= 0.6 is 0 Å². The molecule has 3 heterocycles. The van der Waals surface area contributed by atoms with Crippen LogP contribution in [-0.4, -0.2) is 38.0 Å². The molecule has 4 rings (SSSR count). The number of fused-ring (bicyclic) bond motifs is 1. The summed E-state index contributed by atoms with van der Waals surface area (Å²) in [6.07, 6.45) is 8.71. The molecule has 0 spiro atoms. The minimum atomic E-state index is 0.250. The van der Waals surface area contributed by atoms with Crippen LogP contribution in [0.5, 0.6) is 0 Å². The Morgan fingerprint density at radius 1 is 1.21 bits per heavy atom. The summed E-state index contributed by atoms with van der Waals surface area (Å²) in [7, 11) is 2.04. The summed E-state index contributed by atoms with van der Waals surface area (Å²) in [6.45, 7) is 7.11. The Hall–Kier alpha value is -2.56. The van der Waals surface area contributed by atoms with E-state index in [4.69, 9.17) is 0 Å². The maximum Gasteiger partial charge on any atom is 0.227 e. The quantitative estimate of drug-likeness (QED) is 0.674. The standard InChI is InChI=1S/C23H30N4O/c1-17(2)23-24-10-13-27(23)15-18-8-11-26(12-9-18)22(28)14-19-16-25(3)21-7-5-4-6-20(19)21/h4-7,10,13,16-18H,8-9,11-12,14-15H2,1-3H3. The molecule has 1 fully saturated rings. The summed E-state index contributed by atoms with van der Waals surface area (Å²) in [5.41, 5.74) is 2.32. The second-order valence-corrected chi connectivity index (χ2v) is 8.38. The lowest BCUT2D eigenvalue weighted by atomic mass is 9.96. The minimum Gasteiger partial charge on any atom is -0.350 e. The van der Waals surface area contributed by atoms with Gasteiger partial charge in [-0.15, -0.1) is 0 Å². The van der Waals surface area contributed by atoms with E-state index in [0.717, 1.165) is 43.9 Å². The Bertz CT molecular complexity index is 960. The Morgan fingerprint density at radius 2 is 1.96 bits per heavy atom. The Kier molecular flexibility index (Phi) is 5.25. The van der Waals surface area contributed by atoms with Crippen molar-refractivity contribution >= 4 is 16.8 Å². The number of para-hydroxylation sites is 1. The Balaban J connectivity index is 1.35. The molecular formula is C23H30N4O. The summed E-state index contributed by atoms with van der Waals surface area (Å²) in [6, 6.07) is 8.31. The lowest BCUT2D eigenvalue weighted by molar-refractivity contribution is -0.131. The number of amides is 1. The molecule has 1 aliphatic rings. The molecule has 5 nitrogen and oxygen atoms in total. The fourth-order valence-corrected chi connectivity index (χ4v) is 4.46. The number of carbonyl (C=O) groups is 1. The SMILES string of the molecule is CC(C)c1nccn1CC1CCN(C(=O)Cc2cn(C)c3ccccc23)CC1. The molecule has 1 aliphatic heterocycles. The van der Waals surface area contributed by atoms with Crippen LogP contribution in [0.25, 0.3) is 10.9 Å². The van der Waals surface area contributed by atoms with Gasteiger partial charge in [-0.25, -0.2) is 4.98 Å². The average Bonchev–Trinajstić information content (AvgIpc) is 3.28. The molecule has 0 bridgehead atoms. The first-order valence-corrected chi connectivity index (χ1v) is 10.3. The van der Waals surface area contributed by atoms with Gasteiger partial charge in [0.05, 0.1) is 6.42 Å². The third kappa shape index (κ3) is 3.71. The zero-order valence-electron chi connectivity index (χ0n) is 17.1. The molecule has 1 aromatic carbocycles. The molecule has 0 radical (unpaired) electrons. The average molecular weight is 379 g/mol. The monoisotopic (exact) mass is 378 g/mol. The van der Waals surface area contributed by atoms with Crippen LogP contribution in [0.15, 0.2) is 42.9 Å². The number of rotatable bonds is 5. The normalized spacial score (nSPS) is 15.6. The van der Waals surface area contributed by atoms with Gasteiger partial charge in [-0.3, -0.25) is 4.79 Å². The van der Waals surface area contributed by atoms with Gasteiger partial charge in [0.15, 0.2) is 0 Å². The first kappa shape index (κ1) is 18.8. The third-order valence-electron chi connectivity index (χ3n) is 6.01. The maximum atomic E-state index is 12.9. The molecule has 2 aromatic heterocycles. The molecule has 0 unspecified atom stereocenters. The number of carbonyl (C=O) groups excluding carboxylic acids is 1. The van der Waals surface area contributed by atoms with Gasteiger partial charge in [0.2, 0.25) is 5.91 Å². The van der Waals surface area contributed by atoms with E-state index in [2.05, 4.69) is 57.4 Å². The molecule has 28 heavy (non-hydrogen) atoms. The van der Waals surface area contributed by atoms with Crippen molar-refractivity contribution in [3.8, 4) is 0 Å². The molecule has 1 saturated heterocycles. The third-order valence-corrected chi connectivity index (χ3v) is 6.01. The van der Waals surface area contributed by atoms with Crippen LogP contribution in [0.3, 0.4) is 0 Å². The highest BCUT2D eigenvalue weighted by Gasteiger charge is 2.24. The molecule has 1 amide bonds. The minimum absolute atomic E-state index is 0.250. The summed E-state index contributed by atoms with van der Waals surface area (Å²) in [5, 5.41) is 1.19. The van der Waals surface area contributed by atoms with Crippen LogP contribution < -0.4 is 0 Å². The Morgan fingerprint density at radius 3 is 2.71 bits per heavy atom. The molecule has 0 atom stereocenters. The summed E-state index contributed by atoms with van der Waals surface area (Å²) in [5.74, 6) is 2.47. The van der Waals surface area contributed by atoms with Crippen molar-refractivity contribution in [2.24, 2.45) is 13.0 Å². The van der Waals surface area contributed by atoms with Crippen molar-refractivity contribution in [2.45, 2.75) is 45.6 Å². The van der Waals surface area contributed by atoms with Gasteiger partial charge in [0, 0.05) is 62.1 Å². The highest BCUT2D eigenvalue weighted by molar-refractivity contribution is 5.89. The van der Waals surface area contributed by atoms with Crippen molar-refractivity contribution in [1.29, 1.82) is 0 Å². The van der Waals surface area contributed by atoms with Crippen LogP contribution in [0.2, 0.25) is 0 Å². The fourth-order valence-electron chi connectivity index (χ4n) is 4.46. The van der Waals surface area contributed by atoms with E-state index in [1.54, 1.807) is 0 Å². The molecular weight excluding hydrogens is 348 g/mol. The smallest absolute Gasteiger partial charge is 0.227 e. The fraction of sp³-hybridized carbons (Fsp3) is 0.478. The van der Waals surface area contributed by atoms with E-state index in [0.29, 0.717) is 18.3 Å². The van der Waals surface area contributed by atoms with E-state index < -0.39 is 0 Å². The van der Waals surface area contributed by atoms with Crippen LogP contribution in [-0.2, 0) is 24.8 Å². The van der Waals surface area contributed by atoms with Gasteiger partial charge < -0.3 is 14.0 Å². The van der Waals surface area contributed by atoms with Crippen LogP contribution in [0.4, 0.5) is 0 Å². The van der Waals surface area contributed by atoms with Gasteiger partial charge in [0.1, 0.15) is 5.82 Å². The van der Waals surface area contributed by atoms with Crippen molar-refractivity contribution in [3.63, 3.8) is 0 Å². The molecule has 148 valence electrons. The molecule has 0 aliphatic carbocycles. The molecule has 3 aromatic rings. The number of piperidine rings is 1. The molecule has 0 N–H and O–H groups in total. The first-order valence-electron chi connectivity index (χ1n) is 10.3. The lowest BCUT2D eigenvalue weighted by Crippen LogP contribution is -2.40. The highest BCUT2D eigenvalue weighted by atomic mass is 16.2. The second kappa shape index (κ2) is 7.82. The summed E-state index contributed by atoms with van der Waals surface area (Å²) >= 11 is 0. The molecule has 0 saturated carbocycles. The van der Waals surface area contributed by atoms with Crippen molar-refractivity contribution in [1.82, 2.24) is 19.0 Å².